The van der Waals surface area contributed by atoms with Crippen molar-refractivity contribution in [3.63, 3.8) is 0 Å². The van der Waals surface area contributed by atoms with E-state index in [4.69, 9.17) is 0 Å². The first-order chi connectivity index (χ1) is 25.9. The Morgan fingerprint density at radius 3 is 2.44 bits per heavy atom. The maximum Gasteiger partial charge on any atom is 0.323 e. The zero-order valence-corrected chi connectivity index (χ0v) is 30.2. The molecule has 1 unspecified atom stereocenters. The number of nitrogens with one attached hydrogen (secondary N) is 8. The van der Waals surface area contributed by atoms with Gasteiger partial charge in [0.05, 0.1) is 18.0 Å². The molecule has 3 aromatic carbocycles. The number of aliphatic carboxylic acids is 1. The van der Waals surface area contributed by atoms with Crippen molar-refractivity contribution in [2.45, 2.75) is 64.1 Å². The Hall–Kier alpha value is -6.42. The highest BCUT2D eigenvalue weighted by Crippen LogP contribution is 2.35. The highest BCUT2D eigenvalue weighted by molar-refractivity contribution is 6.00. The van der Waals surface area contributed by atoms with E-state index < -0.39 is 47.7 Å². The third-order valence-corrected chi connectivity index (χ3v) is 9.86. The Bertz CT molecular complexity index is 2080. The number of para-hydroxylation sites is 2. The second-order valence-corrected chi connectivity index (χ2v) is 13.9. The van der Waals surface area contributed by atoms with Crippen LogP contribution in [0, 0.1) is 12.8 Å². The van der Waals surface area contributed by atoms with Crippen LogP contribution < -0.4 is 37.8 Å². The Balaban J connectivity index is 1.06. The van der Waals surface area contributed by atoms with E-state index in [2.05, 4.69) is 47.8 Å². The van der Waals surface area contributed by atoms with Gasteiger partial charge in [-0.15, -0.1) is 10.6 Å². The Morgan fingerprint density at radius 2 is 1.72 bits per heavy atom. The molecular weight excluding hydrogens is 692 g/mol. The smallest absolute Gasteiger partial charge is 0.323 e. The molecule has 0 radical (unpaired) electrons. The largest absolute Gasteiger partial charge is 0.481 e. The average Bonchev–Trinajstić information content (AvgIpc) is 3.90. The number of amides is 5. The minimum atomic E-state index is -1.40. The lowest BCUT2D eigenvalue weighted by Crippen LogP contribution is -2.55. The number of hydrazine groups is 2. The van der Waals surface area contributed by atoms with Crippen LogP contribution in [0.15, 0.2) is 84.1 Å². The summed E-state index contributed by atoms with van der Waals surface area (Å²) in [5.74, 6) is -3.12. The van der Waals surface area contributed by atoms with Gasteiger partial charge in [-0.2, -0.15) is 0 Å². The van der Waals surface area contributed by atoms with Crippen molar-refractivity contribution in [2.75, 3.05) is 17.2 Å². The van der Waals surface area contributed by atoms with Crippen LogP contribution in [0.2, 0.25) is 0 Å². The van der Waals surface area contributed by atoms with Gasteiger partial charge in [-0.05, 0) is 68.1 Å². The quantitative estimate of drug-likeness (QED) is 0.0927. The van der Waals surface area contributed by atoms with E-state index in [-0.39, 0.29) is 18.4 Å². The third kappa shape index (κ3) is 8.61. The Morgan fingerprint density at radius 1 is 0.981 bits per heavy atom. The number of urea groups is 1. The van der Waals surface area contributed by atoms with E-state index in [0.717, 1.165) is 27.6 Å². The highest BCUT2D eigenvalue weighted by Gasteiger charge is 2.42. The zero-order chi connectivity index (χ0) is 38.4. The zero-order valence-electron chi connectivity index (χ0n) is 30.2. The molecule has 3 atom stereocenters. The topological polar surface area (TPSA) is 221 Å². The van der Waals surface area contributed by atoms with Crippen molar-refractivity contribution in [2.24, 2.45) is 11.0 Å². The first kappa shape index (κ1) is 37.3. The molecule has 1 fully saturated rings. The number of hydrogen-bond acceptors (Lipinski definition) is 9. The monoisotopic (exact) mass is 736 g/mol. The van der Waals surface area contributed by atoms with Crippen LogP contribution in [0.1, 0.15) is 49.8 Å². The molecule has 3 heterocycles. The fraction of sp³-hybridized carbons (Fsp3) is 0.316. The van der Waals surface area contributed by atoms with E-state index in [9.17, 15) is 29.1 Å². The molecule has 0 bridgehead atoms. The molecule has 1 saturated heterocycles. The summed E-state index contributed by atoms with van der Waals surface area (Å²) in [5.41, 5.74) is 12.2. The van der Waals surface area contributed by atoms with Gasteiger partial charge in [0, 0.05) is 53.8 Å². The van der Waals surface area contributed by atoms with Crippen LogP contribution in [0.3, 0.4) is 0 Å². The van der Waals surface area contributed by atoms with Gasteiger partial charge in [-0.3, -0.25) is 24.6 Å². The van der Waals surface area contributed by atoms with Gasteiger partial charge < -0.3 is 36.3 Å². The molecule has 16 heteroatoms. The van der Waals surface area contributed by atoms with Crippen molar-refractivity contribution in [1.82, 2.24) is 37.0 Å². The molecule has 16 nitrogen and oxygen atoms in total. The SMILES string of the molecule is Cc1ccccc1NC(=O)Nc1ccc(C(C)(C)N2CC[C@H](CC(=O)N[C@@H](CC(=O)O)C(=O)NC(Cc3c[nH]c4ccccc34)C3=NNNN3)C2=O)cc1. The number of rotatable bonds is 14. The summed E-state index contributed by atoms with van der Waals surface area (Å²) in [7, 11) is 0. The van der Waals surface area contributed by atoms with Crippen LogP contribution in [-0.2, 0) is 31.1 Å². The minimum absolute atomic E-state index is 0.214. The molecule has 4 aromatic rings. The lowest BCUT2D eigenvalue weighted by Gasteiger charge is -2.36. The molecule has 54 heavy (non-hydrogen) atoms. The molecular formula is C38H44N10O6. The molecule has 0 aliphatic carbocycles. The van der Waals surface area contributed by atoms with Crippen molar-refractivity contribution >= 4 is 57.8 Å². The van der Waals surface area contributed by atoms with Crippen molar-refractivity contribution in [3.05, 3.63) is 95.7 Å². The number of likely N-dealkylation sites (tertiary alicyclic amines) is 1. The number of aromatic nitrogens is 1. The first-order valence-electron chi connectivity index (χ1n) is 17.6. The summed E-state index contributed by atoms with van der Waals surface area (Å²) in [6.45, 7) is 6.13. The number of nitrogens with zero attached hydrogens (tertiary/aromatic N) is 2. The van der Waals surface area contributed by atoms with Crippen molar-refractivity contribution in [1.29, 1.82) is 0 Å². The van der Waals surface area contributed by atoms with E-state index in [1.165, 1.54) is 0 Å². The third-order valence-electron chi connectivity index (χ3n) is 9.86. The van der Waals surface area contributed by atoms with Gasteiger partial charge in [0.15, 0.2) is 5.84 Å². The van der Waals surface area contributed by atoms with Gasteiger partial charge in [0.1, 0.15) is 6.04 Å². The van der Waals surface area contributed by atoms with Crippen LogP contribution in [-0.4, -0.2) is 69.2 Å². The van der Waals surface area contributed by atoms with Crippen LogP contribution in [0.25, 0.3) is 10.9 Å². The van der Waals surface area contributed by atoms with Crippen molar-refractivity contribution < 1.29 is 29.1 Å². The van der Waals surface area contributed by atoms with E-state index >= 15 is 0 Å². The number of H-pyrrole nitrogens is 1. The Kier molecular flexibility index (Phi) is 11.1. The number of aryl methyl sites for hydroxylation is 1. The number of carbonyl (C=O) groups is 5. The molecule has 6 rings (SSSR count). The molecule has 0 spiro atoms. The molecule has 2 aliphatic heterocycles. The number of hydrazone groups is 1. The minimum Gasteiger partial charge on any atom is -0.481 e. The van der Waals surface area contributed by atoms with Gasteiger partial charge in [-0.1, -0.05) is 48.5 Å². The second kappa shape index (κ2) is 16.1. The summed E-state index contributed by atoms with van der Waals surface area (Å²) in [6, 6.07) is 19.9. The predicted molar refractivity (Wildman–Crippen MR) is 203 cm³/mol. The molecule has 5 amide bonds. The first-order valence-corrected chi connectivity index (χ1v) is 17.6. The lowest BCUT2D eigenvalue weighted by molar-refractivity contribution is -0.141. The summed E-state index contributed by atoms with van der Waals surface area (Å²) >= 11 is 0. The molecule has 9 N–H and O–H groups in total. The second-order valence-electron chi connectivity index (χ2n) is 13.9. The van der Waals surface area contributed by atoms with Crippen LogP contribution >= 0.6 is 0 Å². The number of benzene rings is 3. The highest BCUT2D eigenvalue weighted by atomic mass is 16.4. The maximum atomic E-state index is 13.7. The van der Waals surface area contributed by atoms with Gasteiger partial charge in [0.25, 0.3) is 0 Å². The number of carboxylic acids is 1. The molecule has 1 aromatic heterocycles. The van der Waals surface area contributed by atoms with Gasteiger partial charge in [0.2, 0.25) is 17.7 Å². The average molecular weight is 737 g/mol. The number of amidine groups is 1. The molecule has 282 valence electrons. The number of anilines is 2. The fourth-order valence-corrected chi connectivity index (χ4v) is 6.84. The maximum absolute atomic E-state index is 13.7. The van der Waals surface area contributed by atoms with E-state index in [1.54, 1.807) is 17.0 Å². The number of carboxylic acid groups (broad SMARTS) is 1. The van der Waals surface area contributed by atoms with Crippen molar-refractivity contribution in [3.8, 4) is 0 Å². The summed E-state index contributed by atoms with van der Waals surface area (Å²) in [6.07, 6.45) is 1.67. The normalized spacial score (nSPS) is 16.5. The lowest BCUT2D eigenvalue weighted by atomic mass is 9.92. The summed E-state index contributed by atoms with van der Waals surface area (Å²) < 4.78 is 0. The number of hydrogen-bond donors (Lipinski definition) is 9. The fourth-order valence-electron chi connectivity index (χ4n) is 6.84. The van der Waals surface area contributed by atoms with Gasteiger partial charge in [-0.25, -0.2) is 10.3 Å². The standard InChI is InChI=1S/C38H44N10O6/c1-22-8-4-6-10-28(22)43-37(54)40-26-14-12-25(13-15-26)38(2,3)48-17-16-23(36(48)53)19-32(49)41-31(20-33(50)51)35(52)42-30(34-44-46-47-45-34)18-24-21-39-29-11-7-5-9-27(24)29/h4-15,21,23,30-31,39,46-47H,16-20H2,1-3H3,(H,41,49)(H,42,52)(H,44,45)(H,50,51)(H2,40,43,54)/t23-,30?,31+/m1/s1. The van der Waals surface area contributed by atoms with Gasteiger partial charge >= 0.3 is 12.0 Å². The van der Waals surface area contributed by atoms with Crippen LogP contribution in [0.4, 0.5) is 16.2 Å². The summed E-state index contributed by atoms with van der Waals surface area (Å²) in [4.78, 5) is 69.9. The number of fused-ring (bicyclic) bond motifs is 1. The predicted octanol–water partition coefficient (Wildman–Crippen LogP) is 3.21. The summed E-state index contributed by atoms with van der Waals surface area (Å²) in [5, 5.41) is 25.8. The van der Waals surface area contributed by atoms with E-state index in [0.29, 0.717) is 36.6 Å². The van der Waals surface area contributed by atoms with E-state index in [1.807, 2.05) is 87.6 Å². The Labute approximate surface area is 311 Å². The molecule has 0 saturated carbocycles. The molecule has 2 aliphatic rings. The van der Waals surface area contributed by atoms with Crippen LogP contribution in [0.5, 0.6) is 0 Å². The number of aromatic amines is 1. The number of carbonyl (C=O) groups excluding carboxylic acids is 4.